The van der Waals surface area contributed by atoms with Crippen LogP contribution in [0.3, 0.4) is 0 Å². The number of benzene rings is 1. The number of carbonyl (C=O) groups is 1. The summed E-state index contributed by atoms with van der Waals surface area (Å²) in [5.41, 5.74) is 5.73. The standard InChI is InChI=1S/C22H28FN5O4/c1-4-5-9-27(18-19(24)28(12-13(2)3)22(31)25-20(18)29)21(30)17-11-16(26-32-17)14-7-6-8-15(23)10-14/h6-8,10,13,17H,4-5,9,11-12,24H2,1-3H3,(H,25,29,31). The minimum atomic E-state index is -0.991. The lowest BCUT2D eigenvalue weighted by Crippen LogP contribution is -2.45. The second-order valence-corrected chi connectivity index (χ2v) is 8.19. The molecule has 0 fully saturated rings. The van der Waals surface area contributed by atoms with Crippen molar-refractivity contribution in [1.29, 1.82) is 0 Å². The van der Waals surface area contributed by atoms with Crippen molar-refractivity contribution >= 4 is 23.1 Å². The van der Waals surface area contributed by atoms with Gasteiger partial charge >= 0.3 is 5.69 Å². The van der Waals surface area contributed by atoms with E-state index in [0.717, 1.165) is 6.42 Å². The molecule has 3 rings (SSSR count). The number of nitrogens with one attached hydrogen (secondary N) is 1. The fourth-order valence-electron chi connectivity index (χ4n) is 3.56. The van der Waals surface area contributed by atoms with Crippen LogP contribution in [0.15, 0.2) is 39.0 Å². The van der Waals surface area contributed by atoms with Crippen LogP contribution >= 0.6 is 0 Å². The van der Waals surface area contributed by atoms with Gasteiger partial charge in [-0.25, -0.2) is 9.18 Å². The summed E-state index contributed by atoms with van der Waals surface area (Å²) in [7, 11) is 0. The SMILES string of the molecule is CCCCN(C(=O)C1CC(c2cccc(F)c2)=NO1)c1c(N)n(CC(C)C)c(=O)[nH]c1=O. The van der Waals surface area contributed by atoms with Crippen LogP contribution in [0, 0.1) is 11.7 Å². The Morgan fingerprint density at radius 3 is 2.81 bits per heavy atom. The highest BCUT2D eigenvalue weighted by Gasteiger charge is 2.35. The zero-order valence-corrected chi connectivity index (χ0v) is 18.4. The van der Waals surface area contributed by atoms with E-state index in [-0.39, 0.29) is 36.9 Å². The Balaban J connectivity index is 1.93. The van der Waals surface area contributed by atoms with Gasteiger partial charge < -0.3 is 15.5 Å². The predicted octanol–water partition coefficient (Wildman–Crippen LogP) is 2.24. The Kier molecular flexibility index (Phi) is 7.12. The van der Waals surface area contributed by atoms with E-state index in [4.69, 9.17) is 10.6 Å². The Hall–Kier alpha value is -3.43. The maximum Gasteiger partial charge on any atom is 0.330 e. The van der Waals surface area contributed by atoms with Crippen molar-refractivity contribution in [3.63, 3.8) is 0 Å². The van der Waals surface area contributed by atoms with Crippen LogP contribution in [0.2, 0.25) is 0 Å². The van der Waals surface area contributed by atoms with Crippen LogP contribution in [0.5, 0.6) is 0 Å². The summed E-state index contributed by atoms with van der Waals surface area (Å²) in [5, 5.41) is 3.95. The largest absolute Gasteiger partial charge is 0.383 e. The van der Waals surface area contributed by atoms with Crippen LogP contribution in [0.4, 0.5) is 15.9 Å². The molecule has 1 aliphatic heterocycles. The maximum atomic E-state index is 13.6. The summed E-state index contributed by atoms with van der Waals surface area (Å²) in [6.45, 7) is 6.28. The number of hydrogen-bond acceptors (Lipinski definition) is 6. The van der Waals surface area contributed by atoms with Crippen molar-refractivity contribution in [1.82, 2.24) is 9.55 Å². The summed E-state index contributed by atoms with van der Waals surface area (Å²) >= 11 is 0. The van der Waals surface area contributed by atoms with E-state index in [1.165, 1.54) is 21.6 Å². The van der Waals surface area contributed by atoms with Gasteiger partial charge in [0, 0.05) is 25.1 Å². The van der Waals surface area contributed by atoms with Gasteiger partial charge in [0.2, 0.25) is 6.10 Å². The number of hydrogen-bond donors (Lipinski definition) is 2. The highest BCUT2D eigenvalue weighted by molar-refractivity contribution is 6.07. The molecule has 1 aromatic heterocycles. The van der Waals surface area contributed by atoms with Crippen molar-refractivity contribution in [2.45, 2.75) is 52.7 Å². The molecule has 32 heavy (non-hydrogen) atoms. The zero-order chi connectivity index (χ0) is 23.4. The number of amides is 1. The molecule has 1 atom stereocenters. The first-order valence-corrected chi connectivity index (χ1v) is 10.7. The summed E-state index contributed by atoms with van der Waals surface area (Å²) in [6, 6.07) is 5.86. The Morgan fingerprint density at radius 2 is 2.16 bits per heavy atom. The van der Waals surface area contributed by atoms with E-state index in [9.17, 15) is 18.8 Å². The van der Waals surface area contributed by atoms with Crippen molar-refractivity contribution in [3.8, 4) is 0 Å². The van der Waals surface area contributed by atoms with Gasteiger partial charge in [0.15, 0.2) is 5.69 Å². The first-order chi connectivity index (χ1) is 15.2. The fraction of sp³-hybridized carbons (Fsp3) is 0.455. The lowest BCUT2D eigenvalue weighted by Gasteiger charge is -2.26. The highest BCUT2D eigenvalue weighted by atomic mass is 19.1. The number of rotatable bonds is 8. The molecule has 1 amide bonds. The normalized spacial score (nSPS) is 15.5. The van der Waals surface area contributed by atoms with Crippen LogP contribution in [-0.2, 0) is 16.2 Å². The Morgan fingerprint density at radius 1 is 1.41 bits per heavy atom. The van der Waals surface area contributed by atoms with Crippen LogP contribution in [0.1, 0.15) is 45.6 Å². The topological polar surface area (TPSA) is 123 Å². The molecule has 0 spiro atoms. The number of nitrogen functional groups attached to an aromatic ring is 1. The zero-order valence-electron chi connectivity index (χ0n) is 18.4. The molecular weight excluding hydrogens is 417 g/mol. The third-order valence-electron chi connectivity index (χ3n) is 5.14. The molecule has 9 nitrogen and oxygen atoms in total. The fourth-order valence-corrected chi connectivity index (χ4v) is 3.56. The summed E-state index contributed by atoms with van der Waals surface area (Å²) in [6.07, 6.45) is 0.505. The monoisotopic (exact) mass is 445 g/mol. The second kappa shape index (κ2) is 9.80. The number of unbranched alkanes of at least 4 members (excludes halogenated alkanes) is 1. The number of halogens is 1. The summed E-state index contributed by atoms with van der Waals surface area (Å²) in [5.74, 6) is -0.896. The van der Waals surface area contributed by atoms with E-state index >= 15 is 0 Å². The van der Waals surface area contributed by atoms with Gasteiger partial charge in [0.05, 0.1) is 5.71 Å². The number of nitrogens with zero attached hydrogens (tertiary/aromatic N) is 3. The van der Waals surface area contributed by atoms with E-state index in [1.807, 2.05) is 20.8 Å². The van der Waals surface area contributed by atoms with E-state index in [0.29, 0.717) is 17.7 Å². The minimum Gasteiger partial charge on any atom is -0.383 e. The summed E-state index contributed by atoms with van der Waals surface area (Å²) in [4.78, 5) is 47.2. The van der Waals surface area contributed by atoms with Gasteiger partial charge in [-0.05, 0) is 24.5 Å². The van der Waals surface area contributed by atoms with Gasteiger partial charge in [0.25, 0.3) is 11.5 Å². The third-order valence-corrected chi connectivity index (χ3v) is 5.14. The first kappa shape index (κ1) is 23.2. The molecule has 0 saturated carbocycles. The molecule has 0 radical (unpaired) electrons. The molecule has 1 aromatic carbocycles. The number of anilines is 2. The molecule has 0 aliphatic carbocycles. The lowest BCUT2D eigenvalue weighted by molar-refractivity contribution is -0.128. The van der Waals surface area contributed by atoms with Gasteiger partial charge in [0.1, 0.15) is 11.6 Å². The minimum absolute atomic E-state index is 0.0684. The molecular formula is C22H28FN5O4. The molecule has 172 valence electrons. The number of oxime groups is 1. The quantitative estimate of drug-likeness (QED) is 0.645. The summed E-state index contributed by atoms with van der Waals surface area (Å²) < 4.78 is 14.8. The number of aromatic amines is 1. The van der Waals surface area contributed by atoms with Crippen LogP contribution in [-0.4, -0.2) is 33.8 Å². The smallest absolute Gasteiger partial charge is 0.330 e. The molecule has 0 saturated heterocycles. The highest BCUT2D eigenvalue weighted by Crippen LogP contribution is 2.24. The number of nitrogens with two attached hydrogens (primary N) is 1. The predicted molar refractivity (Wildman–Crippen MR) is 120 cm³/mol. The second-order valence-electron chi connectivity index (χ2n) is 8.19. The molecule has 2 aromatic rings. The average molecular weight is 445 g/mol. The van der Waals surface area contributed by atoms with Crippen molar-refractivity contribution in [2.75, 3.05) is 17.2 Å². The van der Waals surface area contributed by atoms with Gasteiger partial charge in [-0.15, -0.1) is 0 Å². The van der Waals surface area contributed by atoms with Crippen molar-refractivity contribution in [2.24, 2.45) is 11.1 Å². The number of aromatic nitrogens is 2. The van der Waals surface area contributed by atoms with E-state index in [2.05, 4.69) is 10.1 Å². The number of carbonyl (C=O) groups excluding carboxylic acids is 1. The maximum absolute atomic E-state index is 13.6. The van der Waals surface area contributed by atoms with Crippen LogP contribution in [0.25, 0.3) is 0 Å². The van der Waals surface area contributed by atoms with Gasteiger partial charge in [-0.3, -0.25) is 19.1 Å². The van der Waals surface area contributed by atoms with Gasteiger partial charge in [-0.2, -0.15) is 0 Å². The van der Waals surface area contributed by atoms with Crippen molar-refractivity contribution < 1.29 is 14.0 Å². The lowest BCUT2D eigenvalue weighted by atomic mass is 10.0. The molecule has 1 unspecified atom stereocenters. The molecule has 10 heteroatoms. The van der Waals surface area contributed by atoms with E-state index < -0.39 is 29.1 Å². The van der Waals surface area contributed by atoms with E-state index in [1.54, 1.807) is 12.1 Å². The van der Waals surface area contributed by atoms with Crippen molar-refractivity contribution in [3.05, 3.63) is 56.5 Å². The Bertz CT molecular complexity index is 1140. The average Bonchev–Trinajstić information content (AvgIpc) is 3.23. The number of H-pyrrole nitrogens is 1. The van der Waals surface area contributed by atoms with Crippen LogP contribution < -0.4 is 21.9 Å². The van der Waals surface area contributed by atoms with Gasteiger partial charge in [-0.1, -0.05) is 44.5 Å². The molecule has 1 aliphatic rings. The third kappa shape index (κ3) is 4.90. The molecule has 2 heterocycles. The molecule has 0 bridgehead atoms. The Labute approximate surface area is 184 Å². The molecule has 3 N–H and O–H groups in total. The first-order valence-electron chi connectivity index (χ1n) is 10.7.